The molecule has 172 valence electrons. The Balaban J connectivity index is 2.01. The molecule has 1 N–H and O–H groups in total. The third-order valence-corrected chi connectivity index (χ3v) is 4.87. The molecule has 1 aromatic heterocycles. The summed E-state index contributed by atoms with van der Waals surface area (Å²) in [4.78, 5) is 28.6. The number of ether oxygens (including phenoxy) is 1. The number of amides is 1. The number of rotatable bonds is 5. The maximum atomic E-state index is 14.4. The largest absolute Gasteiger partial charge is 0.462 e. The number of alkyl halides is 3. The van der Waals surface area contributed by atoms with Crippen LogP contribution in [0.25, 0.3) is 11.3 Å². The Bertz CT molecular complexity index is 1220. The Morgan fingerprint density at radius 1 is 1.03 bits per heavy atom. The summed E-state index contributed by atoms with van der Waals surface area (Å²) in [7, 11) is 0. The van der Waals surface area contributed by atoms with Crippen molar-refractivity contribution < 1.29 is 31.9 Å². The van der Waals surface area contributed by atoms with Gasteiger partial charge in [-0.25, -0.2) is 14.2 Å². The molecule has 0 radical (unpaired) electrons. The van der Waals surface area contributed by atoms with Crippen LogP contribution in [-0.2, 0) is 10.9 Å². The highest BCUT2D eigenvalue weighted by molar-refractivity contribution is 6.10. The zero-order valence-corrected chi connectivity index (χ0v) is 18.0. The lowest BCUT2D eigenvalue weighted by Crippen LogP contribution is -2.17. The number of nitrogens with one attached hydrogen (secondary N) is 1. The number of hydrogen-bond acceptors (Lipinski definition) is 4. The SMILES string of the molecule is CCOC(=O)c1ccc(NC(=O)c2c(C)ccc(C)c2-c2cccc(C(F)(F)F)n2)cc1F. The van der Waals surface area contributed by atoms with E-state index in [9.17, 15) is 27.2 Å². The van der Waals surface area contributed by atoms with E-state index in [4.69, 9.17) is 4.74 Å². The molecule has 2 aromatic carbocycles. The lowest BCUT2D eigenvalue weighted by Gasteiger charge is -2.16. The smallest absolute Gasteiger partial charge is 0.433 e. The van der Waals surface area contributed by atoms with E-state index >= 15 is 0 Å². The van der Waals surface area contributed by atoms with Gasteiger partial charge in [0, 0.05) is 11.3 Å². The van der Waals surface area contributed by atoms with Gasteiger partial charge in [0.15, 0.2) is 0 Å². The monoisotopic (exact) mass is 460 g/mol. The van der Waals surface area contributed by atoms with Crippen molar-refractivity contribution in [1.29, 1.82) is 0 Å². The quantitative estimate of drug-likeness (QED) is 0.377. The molecule has 0 aliphatic rings. The number of hydrogen-bond donors (Lipinski definition) is 1. The van der Waals surface area contributed by atoms with Gasteiger partial charge in [-0.05, 0) is 62.2 Å². The summed E-state index contributed by atoms with van der Waals surface area (Å²) in [5.41, 5.74) is 0.0741. The number of halogens is 4. The van der Waals surface area contributed by atoms with Crippen molar-refractivity contribution >= 4 is 17.6 Å². The van der Waals surface area contributed by atoms with Gasteiger partial charge in [-0.1, -0.05) is 18.2 Å². The molecule has 1 amide bonds. The Kier molecular flexibility index (Phi) is 6.81. The molecule has 0 aliphatic carbocycles. The molecule has 0 bridgehead atoms. The fraction of sp³-hybridized carbons (Fsp3) is 0.208. The summed E-state index contributed by atoms with van der Waals surface area (Å²) >= 11 is 0. The summed E-state index contributed by atoms with van der Waals surface area (Å²) < 4.78 is 58.7. The first-order valence-corrected chi connectivity index (χ1v) is 9.95. The molecular weight excluding hydrogens is 440 g/mol. The molecule has 0 saturated carbocycles. The van der Waals surface area contributed by atoms with Crippen LogP contribution in [0.5, 0.6) is 0 Å². The second-order valence-corrected chi connectivity index (χ2v) is 7.22. The molecule has 33 heavy (non-hydrogen) atoms. The summed E-state index contributed by atoms with van der Waals surface area (Å²) in [6.45, 7) is 4.96. The van der Waals surface area contributed by atoms with Crippen molar-refractivity contribution in [3.05, 3.63) is 82.3 Å². The van der Waals surface area contributed by atoms with Crippen LogP contribution in [0.15, 0.2) is 48.5 Å². The van der Waals surface area contributed by atoms with Gasteiger partial charge in [-0.3, -0.25) is 4.79 Å². The Morgan fingerprint density at radius 3 is 2.36 bits per heavy atom. The second kappa shape index (κ2) is 9.40. The van der Waals surface area contributed by atoms with Crippen LogP contribution in [0.1, 0.15) is 44.5 Å². The molecule has 0 atom stereocenters. The predicted molar refractivity (Wildman–Crippen MR) is 114 cm³/mol. The van der Waals surface area contributed by atoms with Crippen LogP contribution in [0.3, 0.4) is 0 Å². The van der Waals surface area contributed by atoms with Crippen molar-refractivity contribution in [2.75, 3.05) is 11.9 Å². The highest BCUT2D eigenvalue weighted by Gasteiger charge is 2.33. The predicted octanol–water partition coefficient (Wildman–Crippen LogP) is 5.95. The molecule has 3 aromatic rings. The van der Waals surface area contributed by atoms with Crippen LogP contribution in [0.2, 0.25) is 0 Å². The average Bonchev–Trinajstić information content (AvgIpc) is 2.74. The van der Waals surface area contributed by atoms with E-state index in [0.717, 1.165) is 12.1 Å². The van der Waals surface area contributed by atoms with Crippen molar-refractivity contribution in [2.45, 2.75) is 26.9 Å². The minimum absolute atomic E-state index is 0.0139. The minimum atomic E-state index is -4.64. The van der Waals surface area contributed by atoms with Gasteiger partial charge in [0.05, 0.1) is 23.4 Å². The molecule has 1 heterocycles. The lowest BCUT2D eigenvalue weighted by atomic mass is 9.93. The zero-order chi connectivity index (χ0) is 24.3. The van der Waals surface area contributed by atoms with Gasteiger partial charge in [-0.15, -0.1) is 0 Å². The molecule has 0 saturated heterocycles. The third-order valence-electron chi connectivity index (χ3n) is 4.87. The molecular formula is C24H20F4N2O3. The van der Waals surface area contributed by atoms with Gasteiger partial charge >= 0.3 is 12.1 Å². The maximum Gasteiger partial charge on any atom is 0.433 e. The van der Waals surface area contributed by atoms with Gasteiger partial charge in [-0.2, -0.15) is 13.2 Å². The fourth-order valence-electron chi connectivity index (χ4n) is 3.33. The van der Waals surface area contributed by atoms with E-state index in [1.54, 1.807) is 32.9 Å². The molecule has 0 spiro atoms. The number of benzene rings is 2. The molecule has 0 fully saturated rings. The summed E-state index contributed by atoms with van der Waals surface area (Å²) in [5, 5.41) is 2.54. The fourth-order valence-corrected chi connectivity index (χ4v) is 3.33. The Hall–Kier alpha value is -3.75. The van der Waals surface area contributed by atoms with Crippen molar-refractivity contribution in [1.82, 2.24) is 4.98 Å². The van der Waals surface area contributed by atoms with Crippen molar-refractivity contribution in [2.24, 2.45) is 0 Å². The average molecular weight is 460 g/mol. The standard InChI is InChI=1S/C24H20F4N2O3/c1-4-33-23(32)16-11-10-15(12-17(16)25)29-22(31)21-14(3)9-8-13(2)20(21)18-6-5-7-19(30-18)24(26,27)28/h5-12H,4H2,1-3H3,(H,29,31). The van der Waals surface area contributed by atoms with E-state index in [1.807, 2.05) is 0 Å². The zero-order valence-electron chi connectivity index (χ0n) is 18.0. The molecule has 9 heteroatoms. The molecule has 0 unspecified atom stereocenters. The summed E-state index contributed by atoms with van der Waals surface area (Å²) in [5.74, 6) is -2.37. The number of anilines is 1. The molecule has 3 rings (SSSR count). The van der Waals surface area contributed by atoms with Crippen molar-refractivity contribution in [3.63, 3.8) is 0 Å². The lowest BCUT2D eigenvalue weighted by molar-refractivity contribution is -0.141. The summed E-state index contributed by atoms with van der Waals surface area (Å²) in [6, 6.07) is 10.3. The van der Waals surface area contributed by atoms with Gasteiger partial charge in [0.25, 0.3) is 5.91 Å². The normalized spacial score (nSPS) is 11.2. The third kappa shape index (κ3) is 5.19. The topological polar surface area (TPSA) is 68.3 Å². The maximum absolute atomic E-state index is 14.4. The van der Waals surface area contributed by atoms with E-state index in [1.165, 1.54) is 24.3 Å². The number of carbonyl (C=O) groups is 2. The van der Waals surface area contributed by atoms with Crippen LogP contribution >= 0.6 is 0 Å². The van der Waals surface area contributed by atoms with Crippen molar-refractivity contribution in [3.8, 4) is 11.3 Å². The Labute approximate surface area is 187 Å². The van der Waals surface area contributed by atoms with E-state index in [-0.39, 0.29) is 34.7 Å². The highest BCUT2D eigenvalue weighted by atomic mass is 19.4. The van der Waals surface area contributed by atoms with E-state index in [0.29, 0.717) is 11.1 Å². The highest BCUT2D eigenvalue weighted by Crippen LogP contribution is 2.33. The molecule has 5 nitrogen and oxygen atoms in total. The van der Waals surface area contributed by atoms with E-state index in [2.05, 4.69) is 10.3 Å². The number of carbonyl (C=O) groups excluding carboxylic acids is 2. The second-order valence-electron chi connectivity index (χ2n) is 7.22. The van der Waals surface area contributed by atoms with E-state index < -0.39 is 29.6 Å². The van der Waals surface area contributed by atoms with Gasteiger partial charge in [0.1, 0.15) is 11.5 Å². The first-order chi connectivity index (χ1) is 15.5. The number of aromatic nitrogens is 1. The van der Waals surface area contributed by atoms with Gasteiger partial charge < -0.3 is 10.1 Å². The van der Waals surface area contributed by atoms with Crippen LogP contribution in [0.4, 0.5) is 23.2 Å². The number of nitrogens with zero attached hydrogens (tertiary/aromatic N) is 1. The number of esters is 1. The summed E-state index contributed by atoms with van der Waals surface area (Å²) in [6.07, 6.45) is -4.64. The molecule has 0 aliphatic heterocycles. The van der Waals surface area contributed by atoms with Crippen LogP contribution < -0.4 is 5.32 Å². The first-order valence-electron chi connectivity index (χ1n) is 9.95. The Morgan fingerprint density at radius 2 is 1.73 bits per heavy atom. The first kappa shape index (κ1) is 23.9. The van der Waals surface area contributed by atoms with Crippen LogP contribution in [-0.4, -0.2) is 23.5 Å². The van der Waals surface area contributed by atoms with Crippen LogP contribution in [0, 0.1) is 19.7 Å². The van der Waals surface area contributed by atoms with Gasteiger partial charge in [0.2, 0.25) is 0 Å². The minimum Gasteiger partial charge on any atom is -0.462 e. The number of aryl methyl sites for hydroxylation is 2. The number of pyridine rings is 1.